The van der Waals surface area contributed by atoms with Gasteiger partial charge in [0, 0.05) is 12.3 Å². The van der Waals surface area contributed by atoms with Crippen molar-refractivity contribution >= 4 is 29.4 Å². The Kier molecular flexibility index (Phi) is 4.89. The van der Waals surface area contributed by atoms with Gasteiger partial charge < -0.3 is 10.1 Å². The number of hydrogen-bond acceptors (Lipinski definition) is 4. The van der Waals surface area contributed by atoms with Gasteiger partial charge in [0.05, 0.1) is 6.61 Å². The van der Waals surface area contributed by atoms with Crippen LogP contribution in [0.15, 0.2) is 60.8 Å². The van der Waals surface area contributed by atoms with Gasteiger partial charge in [-0.3, -0.25) is 9.20 Å². The van der Waals surface area contributed by atoms with E-state index in [1.54, 1.807) is 41.8 Å². The Labute approximate surface area is 144 Å². The van der Waals surface area contributed by atoms with Crippen LogP contribution in [0, 0.1) is 0 Å². The van der Waals surface area contributed by atoms with Crippen LogP contribution >= 0.6 is 0 Å². The minimum Gasteiger partial charge on any atom is -0.461 e. The molecule has 6 nitrogen and oxygen atoms in total. The standard InChI is InChI=1S/C19H17N3O3/c1-2-25-19(24)17-18(22-13-7-6-10-15(22)20-17)21-16(23)12-11-14-8-4-3-5-9-14/h3-13H,2H2,1H3,(H,21,23)/b12-11+. The molecule has 1 amide bonds. The average molecular weight is 335 g/mol. The van der Waals surface area contributed by atoms with Gasteiger partial charge >= 0.3 is 5.97 Å². The summed E-state index contributed by atoms with van der Waals surface area (Å²) in [6, 6.07) is 14.8. The second-order valence-electron chi connectivity index (χ2n) is 5.19. The van der Waals surface area contributed by atoms with E-state index in [1.165, 1.54) is 6.08 Å². The Morgan fingerprint density at radius 1 is 1.16 bits per heavy atom. The summed E-state index contributed by atoms with van der Waals surface area (Å²) < 4.78 is 6.66. The predicted molar refractivity (Wildman–Crippen MR) is 95.3 cm³/mol. The van der Waals surface area contributed by atoms with E-state index in [2.05, 4.69) is 10.3 Å². The Hall–Kier alpha value is -3.41. The predicted octanol–water partition coefficient (Wildman–Crippen LogP) is 3.16. The molecule has 1 aromatic carbocycles. The third-order valence-electron chi connectivity index (χ3n) is 3.47. The molecule has 3 aromatic rings. The molecule has 2 heterocycles. The highest BCUT2D eigenvalue weighted by Gasteiger charge is 2.21. The fraction of sp³-hybridized carbons (Fsp3) is 0.105. The van der Waals surface area contributed by atoms with E-state index < -0.39 is 5.97 Å². The zero-order valence-electron chi connectivity index (χ0n) is 13.7. The van der Waals surface area contributed by atoms with Crippen molar-refractivity contribution < 1.29 is 14.3 Å². The summed E-state index contributed by atoms with van der Waals surface area (Å²) >= 11 is 0. The Bertz CT molecular complexity index is 929. The van der Waals surface area contributed by atoms with Crippen LogP contribution in [0.2, 0.25) is 0 Å². The van der Waals surface area contributed by atoms with Gasteiger partial charge in [-0.15, -0.1) is 0 Å². The SMILES string of the molecule is CCOC(=O)c1nc2ccccn2c1NC(=O)/C=C/c1ccccc1. The number of hydrogen-bond donors (Lipinski definition) is 1. The maximum atomic E-state index is 12.3. The normalized spacial score (nSPS) is 10.9. The number of aromatic nitrogens is 2. The minimum atomic E-state index is -0.575. The maximum Gasteiger partial charge on any atom is 0.360 e. The van der Waals surface area contributed by atoms with Gasteiger partial charge in [-0.2, -0.15) is 0 Å². The van der Waals surface area contributed by atoms with Crippen LogP contribution in [-0.4, -0.2) is 27.9 Å². The second-order valence-corrected chi connectivity index (χ2v) is 5.19. The third-order valence-corrected chi connectivity index (χ3v) is 3.47. The van der Waals surface area contributed by atoms with Crippen molar-refractivity contribution in [3.8, 4) is 0 Å². The highest BCUT2D eigenvalue weighted by molar-refractivity contribution is 6.05. The van der Waals surface area contributed by atoms with E-state index in [4.69, 9.17) is 4.74 Å². The average Bonchev–Trinajstić information content (AvgIpc) is 3.00. The number of nitrogens with zero attached hydrogens (tertiary/aromatic N) is 2. The molecule has 0 aliphatic heterocycles. The number of imidazole rings is 1. The van der Waals surface area contributed by atoms with Crippen molar-refractivity contribution in [3.05, 3.63) is 72.1 Å². The molecular weight excluding hydrogens is 318 g/mol. The summed E-state index contributed by atoms with van der Waals surface area (Å²) in [7, 11) is 0. The fourth-order valence-electron chi connectivity index (χ4n) is 2.35. The number of rotatable bonds is 5. The van der Waals surface area contributed by atoms with E-state index in [-0.39, 0.29) is 24.0 Å². The fourth-order valence-corrected chi connectivity index (χ4v) is 2.35. The molecule has 1 N–H and O–H groups in total. The van der Waals surface area contributed by atoms with E-state index in [9.17, 15) is 9.59 Å². The van der Waals surface area contributed by atoms with Crippen LogP contribution in [0.4, 0.5) is 5.82 Å². The first-order chi connectivity index (χ1) is 12.2. The number of esters is 1. The van der Waals surface area contributed by atoms with Crippen LogP contribution in [-0.2, 0) is 9.53 Å². The second kappa shape index (κ2) is 7.44. The van der Waals surface area contributed by atoms with Gasteiger partial charge in [-0.25, -0.2) is 9.78 Å². The third kappa shape index (κ3) is 3.74. The highest BCUT2D eigenvalue weighted by atomic mass is 16.5. The number of ether oxygens (including phenoxy) is 1. The maximum absolute atomic E-state index is 12.3. The lowest BCUT2D eigenvalue weighted by Crippen LogP contribution is -2.14. The van der Waals surface area contributed by atoms with Gasteiger partial charge in [-0.1, -0.05) is 36.4 Å². The monoisotopic (exact) mass is 335 g/mol. The zero-order chi connectivity index (χ0) is 17.6. The molecule has 0 unspecified atom stereocenters. The van der Waals surface area contributed by atoms with Crippen LogP contribution in [0.25, 0.3) is 11.7 Å². The van der Waals surface area contributed by atoms with Gasteiger partial charge in [0.25, 0.3) is 0 Å². The molecule has 0 aliphatic carbocycles. The number of anilines is 1. The topological polar surface area (TPSA) is 72.7 Å². The summed E-state index contributed by atoms with van der Waals surface area (Å²) in [5.74, 6) is -0.648. The van der Waals surface area contributed by atoms with Crippen LogP contribution in [0.1, 0.15) is 23.0 Å². The number of amides is 1. The molecule has 0 saturated carbocycles. The van der Waals surface area contributed by atoms with Crippen LogP contribution in [0.3, 0.4) is 0 Å². The molecule has 0 bridgehead atoms. The summed E-state index contributed by atoms with van der Waals surface area (Å²) in [4.78, 5) is 28.6. The van der Waals surface area contributed by atoms with Crippen molar-refractivity contribution in [2.45, 2.75) is 6.92 Å². The van der Waals surface area contributed by atoms with E-state index in [1.807, 2.05) is 30.3 Å². The molecule has 126 valence electrons. The molecule has 6 heteroatoms. The lowest BCUT2D eigenvalue weighted by Gasteiger charge is -2.05. The van der Waals surface area contributed by atoms with Crippen molar-refractivity contribution in [1.82, 2.24) is 9.38 Å². The highest BCUT2D eigenvalue weighted by Crippen LogP contribution is 2.19. The van der Waals surface area contributed by atoms with Crippen LogP contribution in [0.5, 0.6) is 0 Å². The summed E-state index contributed by atoms with van der Waals surface area (Å²) in [6.45, 7) is 1.95. The Morgan fingerprint density at radius 3 is 2.68 bits per heavy atom. The summed E-state index contributed by atoms with van der Waals surface area (Å²) in [5, 5.41) is 2.72. The van der Waals surface area contributed by atoms with Crippen molar-refractivity contribution in [1.29, 1.82) is 0 Å². The molecule has 0 saturated heterocycles. The zero-order valence-corrected chi connectivity index (χ0v) is 13.7. The number of carbonyl (C=O) groups is 2. The molecule has 0 radical (unpaired) electrons. The largest absolute Gasteiger partial charge is 0.461 e. The molecule has 0 spiro atoms. The molecule has 0 aliphatic rings. The number of pyridine rings is 1. The van der Waals surface area contributed by atoms with Crippen molar-refractivity contribution in [3.63, 3.8) is 0 Å². The van der Waals surface area contributed by atoms with E-state index in [0.29, 0.717) is 5.65 Å². The first kappa shape index (κ1) is 16.4. The van der Waals surface area contributed by atoms with Gasteiger partial charge in [0.2, 0.25) is 5.91 Å². The lowest BCUT2D eigenvalue weighted by molar-refractivity contribution is -0.111. The number of carbonyl (C=O) groups excluding carboxylic acids is 2. The smallest absolute Gasteiger partial charge is 0.360 e. The van der Waals surface area contributed by atoms with E-state index in [0.717, 1.165) is 5.56 Å². The first-order valence-electron chi connectivity index (χ1n) is 7.87. The summed E-state index contributed by atoms with van der Waals surface area (Å²) in [5.41, 5.74) is 1.53. The Morgan fingerprint density at radius 2 is 1.92 bits per heavy atom. The van der Waals surface area contributed by atoms with Crippen molar-refractivity contribution in [2.24, 2.45) is 0 Å². The summed E-state index contributed by atoms with van der Waals surface area (Å²) in [6.07, 6.45) is 4.83. The molecule has 0 fully saturated rings. The number of nitrogens with one attached hydrogen (secondary N) is 1. The minimum absolute atomic E-state index is 0.0783. The van der Waals surface area contributed by atoms with Gasteiger partial charge in [0.15, 0.2) is 11.5 Å². The number of benzene rings is 1. The first-order valence-corrected chi connectivity index (χ1v) is 7.87. The van der Waals surface area contributed by atoms with E-state index >= 15 is 0 Å². The molecule has 25 heavy (non-hydrogen) atoms. The quantitative estimate of drug-likeness (QED) is 0.574. The number of fused-ring (bicyclic) bond motifs is 1. The van der Waals surface area contributed by atoms with Crippen LogP contribution < -0.4 is 5.32 Å². The lowest BCUT2D eigenvalue weighted by atomic mass is 10.2. The van der Waals surface area contributed by atoms with Crippen molar-refractivity contribution in [2.75, 3.05) is 11.9 Å². The molecule has 0 atom stereocenters. The molecule has 2 aromatic heterocycles. The molecular formula is C19H17N3O3. The van der Waals surface area contributed by atoms with Gasteiger partial charge in [-0.05, 0) is 30.7 Å². The Balaban J connectivity index is 1.89. The molecule has 3 rings (SSSR count). The van der Waals surface area contributed by atoms with Gasteiger partial charge in [0.1, 0.15) is 5.65 Å².